The molecule has 1 saturated heterocycles. The van der Waals surface area contributed by atoms with Crippen molar-refractivity contribution in [1.29, 1.82) is 0 Å². The molecule has 1 rings (SSSR count). The summed E-state index contributed by atoms with van der Waals surface area (Å²) < 4.78 is 41.3. The average molecular weight is 332 g/mol. The van der Waals surface area contributed by atoms with Crippen LogP contribution >= 0.6 is 15.9 Å². The van der Waals surface area contributed by atoms with Crippen LogP contribution < -0.4 is 5.32 Å². The molecule has 1 heterocycles. The first-order valence-electron chi connectivity index (χ1n) is 5.34. The van der Waals surface area contributed by atoms with Crippen LogP contribution in [0.3, 0.4) is 0 Å². The third kappa shape index (κ3) is 3.68. The lowest BCUT2D eigenvalue weighted by Gasteiger charge is -2.35. The van der Waals surface area contributed by atoms with E-state index in [1.165, 1.54) is 0 Å². The van der Waals surface area contributed by atoms with Crippen LogP contribution in [0.5, 0.6) is 0 Å². The molecule has 1 aliphatic rings. The molecular weight excluding hydrogens is 319 g/mol. The quantitative estimate of drug-likeness (QED) is 0.793. The van der Waals surface area contributed by atoms with E-state index in [0.29, 0.717) is 26.1 Å². The molecule has 1 amide bonds. The molecule has 18 heavy (non-hydrogen) atoms. The maximum atomic E-state index is 12.1. The number of hydrogen-bond acceptors (Lipinski definition) is 3. The third-order valence-electron chi connectivity index (χ3n) is 3.01. The van der Waals surface area contributed by atoms with Gasteiger partial charge in [0.1, 0.15) is 0 Å². The van der Waals surface area contributed by atoms with Gasteiger partial charge in [-0.05, 0) is 12.8 Å². The van der Waals surface area contributed by atoms with E-state index in [0.717, 1.165) is 0 Å². The van der Waals surface area contributed by atoms with Crippen LogP contribution in [0.25, 0.3) is 0 Å². The summed E-state index contributed by atoms with van der Waals surface area (Å²) in [5.41, 5.74) is -0.956. The van der Waals surface area contributed by atoms with Crippen LogP contribution in [-0.2, 0) is 14.3 Å². The smallest absolute Gasteiger partial charge is 0.381 e. The number of rotatable bonds is 4. The molecule has 0 bridgehead atoms. The van der Waals surface area contributed by atoms with Crippen LogP contribution in [0.15, 0.2) is 0 Å². The molecule has 1 fully saturated rings. The molecule has 0 atom stereocenters. The second-order valence-electron chi connectivity index (χ2n) is 4.13. The van der Waals surface area contributed by atoms with Crippen LogP contribution in [0.4, 0.5) is 13.2 Å². The summed E-state index contributed by atoms with van der Waals surface area (Å²) in [5.74, 6) is -2.23. The molecular formula is C10H13BrF3NO3. The molecule has 0 spiro atoms. The van der Waals surface area contributed by atoms with Crippen molar-refractivity contribution in [2.45, 2.75) is 19.0 Å². The van der Waals surface area contributed by atoms with Gasteiger partial charge in [-0.2, -0.15) is 13.2 Å². The zero-order chi connectivity index (χ0) is 13.8. The summed E-state index contributed by atoms with van der Waals surface area (Å²) in [7, 11) is 0. The van der Waals surface area contributed by atoms with Gasteiger partial charge in [0.25, 0.3) is 0 Å². The molecule has 8 heteroatoms. The molecule has 4 nitrogen and oxygen atoms in total. The molecule has 1 aliphatic heterocycles. The van der Waals surface area contributed by atoms with Crippen LogP contribution in [0.2, 0.25) is 0 Å². The third-order valence-corrected chi connectivity index (χ3v) is 3.52. The summed E-state index contributed by atoms with van der Waals surface area (Å²) in [6.07, 6.45) is -4.30. The van der Waals surface area contributed by atoms with Crippen molar-refractivity contribution < 1.29 is 27.5 Å². The van der Waals surface area contributed by atoms with Gasteiger partial charge in [0.2, 0.25) is 0 Å². The Morgan fingerprint density at radius 2 is 1.83 bits per heavy atom. The topological polar surface area (TPSA) is 55.4 Å². The number of Topliss-reactive ketones (excluding diaryl/α,β-unsaturated/α-hetero) is 1. The summed E-state index contributed by atoms with van der Waals surface area (Å²) in [6.45, 7) is 0.306. The molecule has 0 aromatic rings. The highest BCUT2D eigenvalue weighted by Gasteiger charge is 2.43. The number of ketones is 1. The zero-order valence-corrected chi connectivity index (χ0v) is 11.1. The lowest BCUT2D eigenvalue weighted by Crippen LogP contribution is -2.49. The number of halogens is 4. The van der Waals surface area contributed by atoms with Gasteiger partial charge >= 0.3 is 12.1 Å². The number of alkyl halides is 4. The van der Waals surface area contributed by atoms with E-state index in [4.69, 9.17) is 4.74 Å². The first-order chi connectivity index (χ1) is 8.32. The van der Waals surface area contributed by atoms with Gasteiger partial charge in [0.05, 0.1) is 10.7 Å². The van der Waals surface area contributed by atoms with E-state index < -0.39 is 17.5 Å². The summed E-state index contributed by atoms with van der Waals surface area (Å²) >= 11 is 3.01. The Balaban J connectivity index is 2.68. The highest BCUT2D eigenvalue weighted by atomic mass is 79.9. The average Bonchev–Trinajstić information content (AvgIpc) is 2.34. The summed E-state index contributed by atoms with van der Waals surface area (Å²) in [5, 5.41) is 1.84. The van der Waals surface area contributed by atoms with Gasteiger partial charge in [0, 0.05) is 19.8 Å². The highest BCUT2D eigenvalue weighted by Crippen LogP contribution is 2.32. The minimum atomic E-state index is -4.93. The minimum Gasteiger partial charge on any atom is -0.381 e. The van der Waals surface area contributed by atoms with Crippen molar-refractivity contribution in [3.8, 4) is 0 Å². The first kappa shape index (κ1) is 15.4. The van der Waals surface area contributed by atoms with Crippen LogP contribution in [-0.4, -0.2) is 43.0 Å². The fourth-order valence-corrected chi connectivity index (χ4v) is 2.40. The SMILES string of the molecule is O=C(NCC1(C(=O)CBr)CCOCC1)C(F)(F)F. The Morgan fingerprint density at radius 1 is 1.28 bits per heavy atom. The van der Waals surface area contributed by atoms with E-state index in [9.17, 15) is 22.8 Å². The number of ether oxygens (including phenoxy) is 1. The van der Waals surface area contributed by atoms with E-state index in [1.54, 1.807) is 5.32 Å². The second kappa shape index (κ2) is 6.01. The molecule has 0 radical (unpaired) electrons. The maximum Gasteiger partial charge on any atom is 0.471 e. The van der Waals surface area contributed by atoms with Gasteiger partial charge in [-0.1, -0.05) is 15.9 Å². The molecule has 0 aliphatic carbocycles. The van der Waals surface area contributed by atoms with Crippen molar-refractivity contribution in [1.82, 2.24) is 5.32 Å². The molecule has 0 unspecified atom stereocenters. The van der Waals surface area contributed by atoms with E-state index in [1.807, 2.05) is 0 Å². The minimum absolute atomic E-state index is 0.0505. The van der Waals surface area contributed by atoms with E-state index in [-0.39, 0.29) is 17.7 Å². The van der Waals surface area contributed by atoms with Gasteiger partial charge in [-0.25, -0.2) is 0 Å². The number of carbonyl (C=O) groups is 2. The van der Waals surface area contributed by atoms with E-state index >= 15 is 0 Å². The predicted molar refractivity (Wildman–Crippen MR) is 60.4 cm³/mol. The number of carbonyl (C=O) groups excluding carboxylic acids is 2. The van der Waals surface area contributed by atoms with Crippen molar-refractivity contribution >= 4 is 27.6 Å². The molecule has 0 aromatic carbocycles. The Kier molecular flexibility index (Phi) is 5.15. The first-order valence-corrected chi connectivity index (χ1v) is 6.46. The van der Waals surface area contributed by atoms with Crippen LogP contribution in [0.1, 0.15) is 12.8 Å². The fraction of sp³-hybridized carbons (Fsp3) is 0.800. The standard InChI is InChI=1S/C10H13BrF3NO3/c11-5-7(16)9(1-3-18-4-2-9)6-15-8(17)10(12,13)14/h1-6H2,(H,15,17). The van der Waals surface area contributed by atoms with Gasteiger partial charge in [-0.3, -0.25) is 9.59 Å². The fourth-order valence-electron chi connectivity index (χ4n) is 1.81. The number of nitrogens with one attached hydrogen (secondary N) is 1. The van der Waals surface area contributed by atoms with Crippen molar-refractivity contribution in [3.63, 3.8) is 0 Å². The Hall–Kier alpha value is -0.630. The molecule has 0 aromatic heterocycles. The normalized spacial score (nSPS) is 19.3. The van der Waals surface area contributed by atoms with Crippen molar-refractivity contribution in [3.05, 3.63) is 0 Å². The number of amides is 1. The maximum absolute atomic E-state index is 12.1. The Labute approximate surface area is 110 Å². The molecule has 104 valence electrons. The summed E-state index contributed by atoms with van der Waals surface area (Å²) in [6, 6.07) is 0. The Morgan fingerprint density at radius 3 is 2.28 bits per heavy atom. The van der Waals surface area contributed by atoms with Gasteiger partial charge in [0.15, 0.2) is 5.78 Å². The highest BCUT2D eigenvalue weighted by molar-refractivity contribution is 9.09. The van der Waals surface area contributed by atoms with E-state index in [2.05, 4.69) is 15.9 Å². The van der Waals surface area contributed by atoms with Gasteiger partial charge < -0.3 is 10.1 Å². The molecule has 1 N–H and O–H groups in total. The molecule has 0 saturated carbocycles. The van der Waals surface area contributed by atoms with Crippen molar-refractivity contribution in [2.24, 2.45) is 5.41 Å². The van der Waals surface area contributed by atoms with Crippen LogP contribution in [0, 0.1) is 5.41 Å². The predicted octanol–water partition coefficient (Wildman–Crippen LogP) is 1.43. The lowest BCUT2D eigenvalue weighted by molar-refractivity contribution is -0.174. The zero-order valence-electron chi connectivity index (χ0n) is 9.48. The monoisotopic (exact) mass is 331 g/mol. The lowest BCUT2D eigenvalue weighted by atomic mass is 9.77. The Bertz CT molecular complexity index is 327. The van der Waals surface area contributed by atoms with Crippen molar-refractivity contribution in [2.75, 3.05) is 25.1 Å². The number of hydrogen-bond donors (Lipinski definition) is 1. The van der Waals surface area contributed by atoms with Gasteiger partial charge in [-0.15, -0.1) is 0 Å². The largest absolute Gasteiger partial charge is 0.471 e. The summed E-state index contributed by atoms with van der Waals surface area (Å²) in [4.78, 5) is 22.6. The second-order valence-corrected chi connectivity index (χ2v) is 4.69.